The van der Waals surface area contributed by atoms with Crippen LogP contribution >= 0.6 is 11.8 Å². The fourth-order valence-electron chi connectivity index (χ4n) is 2.95. The molecule has 0 aliphatic carbocycles. The summed E-state index contributed by atoms with van der Waals surface area (Å²) in [6.07, 6.45) is 1.62. The molecule has 1 heterocycles. The van der Waals surface area contributed by atoms with Crippen LogP contribution in [0.4, 0.5) is 4.79 Å². The summed E-state index contributed by atoms with van der Waals surface area (Å²) < 4.78 is 16.6. The number of thioether (sulfide) groups is 1. The minimum absolute atomic E-state index is 0.153. The summed E-state index contributed by atoms with van der Waals surface area (Å²) in [4.78, 5) is 37.5. The number of ether oxygens (including phenoxy) is 3. The van der Waals surface area contributed by atoms with Gasteiger partial charge in [-0.25, -0.2) is 0 Å². The first kappa shape index (κ1) is 23.2. The molecule has 2 aromatic rings. The Hall–Kier alpha value is -3.46. The number of benzene rings is 2. The standard InChI is InChI=1S/C23H24N2O6S/c1-3-29-19-12-16(7-8-18(19)31-14-21(24)26)13-20-22(27)25(23(28)32-20)9-10-30-17-6-4-5-15(2)11-17/h4-8,11-13H,3,9-10,14H2,1-2H3,(H2,24,26)/b20-13-. The molecule has 1 fully saturated rings. The molecule has 8 nitrogen and oxygen atoms in total. The molecule has 0 saturated carbocycles. The lowest BCUT2D eigenvalue weighted by molar-refractivity contribution is -0.123. The monoisotopic (exact) mass is 456 g/mol. The Labute approximate surface area is 190 Å². The van der Waals surface area contributed by atoms with Crippen molar-refractivity contribution in [1.29, 1.82) is 0 Å². The number of carbonyl (C=O) groups is 3. The van der Waals surface area contributed by atoms with Crippen molar-refractivity contribution in [2.24, 2.45) is 5.73 Å². The Morgan fingerprint density at radius 2 is 1.91 bits per heavy atom. The summed E-state index contributed by atoms with van der Waals surface area (Å²) in [5, 5.41) is -0.347. The van der Waals surface area contributed by atoms with Crippen molar-refractivity contribution >= 4 is 34.9 Å². The summed E-state index contributed by atoms with van der Waals surface area (Å²) in [5.74, 6) is 0.489. The van der Waals surface area contributed by atoms with E-state index in [0.29, 0.717) is 34.3 Å². The van der Waals surface area contributed by atoms with Gasteiger partial charge in [-0.15, -0.1) is 0 Å². The van der Waals surface area contributed by atoms with Crippen LogP contribution in [0.2, 0.25) is 0 Å². The van der Waals surface area contributed by atoms with Gasteiger partial charge in [0, 0.05) is 0 Å². The van der Waals surface area contributed by atoms with Crippen LogP contribution in [0.5, 0.6) is 17.2 Å². The van der Waals surface area contributed by atoms with Crippen LogP contribution in [0.25, 0.3) is 6.08 Å². The normalized spacial score (nSPS) is 14.7. The molecule has 9 heteroatoms. The highest BCUT2D eigenvalue weighted by molar-refractivity contribution is 8.18. The highest BCUT2D eigenvalue weighted by Gasteiger charge is 2.34. The molecule has 1 aliphatic heterocycles. The molecule has 0 bridgehead atoms. The van der Waals surface area contributed by atoms with Gasteiger partial charge >= 0.3 is 0 Å². The predicted molar refractivity (Wildman–Crippen MR) is 122 cm³/mol. The van der Waals surface area contributed by atoms with Crippen molar-refractivity contribution in [3.63, 3.8) is 0 Å². The molecular weight excluding hydrogens is 432 g/mol. The zero-order valence-corrected chi connectivity index (χ0v) is 18.6. The van der Waals surface area contributed by atoms with Gasteiger partial charge < -0.3 is 19.9 Å². The van der Waals surface area contributed by atoms with E-state index in [1.807, 2.05) is 38.1 Å². The Morgan fingerprint density at radius 3 is 2.62 bits per heavy atom. The number of rotatable bonds is 10. The molecule has 2 N–H and O–H groups in total. The Balaban J connectivity index is 1.67. The predicted octanol–water partition coefficient (Wildman–Crippen LogP) is 3.37. The number of carbonyl (C=O) groups excluding carboxylic acids is 3. The van der Waals surface area contributed by atoms with Crippen molar-refractivity contribution in [2.45, 2.75) is 13.8 Å². The largest absolute Gasteiger partial charge is 0.492 e. The van der Waals surface area contributed by atoms with Gasteiger partial charge in [0.25, 0.3) is 17.1 Å². The van der Waals surface area contributed by atoms with Crippen LogP contribution in [0.3, 0.4) is 0 Å². The Kier molecular flexibility index (Phi) is 7.77. The number of imide groups is 1. The topological polar surface area (TPSA) is 108 Å². The van der Waals surface area contributed by atoms with Crippen LogP contribution < -0.4 is 19.9 Å². The summed E-state index contributed by atoms with van der Waals surface area (Å²) in [5.41, 5.74) is 6.84. The number of nitrogens with zero attached hydrogens (tertiary/aromatic N) is 1. The van der Waals surface area contributed by atoms with Gasteiger partial charge in [0.1, 0.15) is 12.4 Å². The van der Waals surface area contributed by atoms with E-state index >= 15 is 0 Å². The van der Waals surface area contributed by atoms with Gasteiger partial charge in [-0.2, -0.15) is 0 Å². The maximum atomic E-state index is 12.7. The summed E-state index contributed by atoms with van der Waals surface area (Å²) in [6.45, 7) is 4.24. The molecule has 32 heavy (non-hydrogen) atoms. The summed E-state index contributed by atoms with van der Waals surface area (Å²) in [7, 11) is 0. The van der Waals surface area contributed by atoms with E-state index in [1.165, 1.54) is 4.90 Å². The van der Waals surface area contributed by atoms with Crippen LogP contribution in [0, 0.1) is 6.92 Å². The minimum Gasteiger partial charge on any atom is -0.492 e. The molecule has 0 unspecified atom stereocenters. The number of primary amides is 1. The van der Waals surface area contributed by atoms with Crippen molar-refractivity contribution < 1.29 is 28.6 Å². The third-order valence-electron chi connectivity index (χ3n) is 4.38. The van der Waals surface area contributed by atoms with E-state index in [0.717, 1.165) is 17.3 Å². The lowest BCUT2D eigenvalue weighted by Crippen LogP contribution is -2.32. The average molecular weight is 457 g/mol. The lowest BCUT2D eigenvalue weighted by Gasteiger charge is -2.13. The van der Waals surface area contributed by atoms with E-state index in [9.17, 15) is 14.4 Å². The number of hydrogen-bond donors (Lipinski definition) is 1. The van der Waals surface area contributed by atoms with Crippen LogP contribution in [-0.4, -0.2) is 48.3 Å². The first-order chi connectivity index (χ1) is 15.4. The maximum absolute atomic E-state index is 12.7. The van der Waals surface area contributed by atoms with Gasteiger partial charge in [-0.3, -0.25) is 19.3 Å². The molecule has 3 rings (SSSR count). The lowest BCUT2D eigenvalue weighted by atomic mass is 10.2. The van der Waals surface area contributed by atoms with E-state index < -0.39 is 5.91 Å². The fourth-order valence-corrected chi connectivity index (χ4v) is 3.82. The number of hydrogen-bond acceptors (Lipinski definition) is 7. The van der Waals surface area contributed by atoms with E-state index in [2.05, 4.69) is 0 Å². The van der Waals surface area contributed by atoms with Gasteiger partial charge in [0.05, 0.1) is 18.1 Å². The van der Waals surface area contributed by atoms with E-state index in [1.54, 1.807) is 24.3 Å². The molecule has 168 valence electrons. The Bertz CT molecular complexity index is 1050. The number of nitrogens with two attached hydrogens (primary N) is 1. The third-order valence-corrected chi connectivity index (χ3v) is 5.29. The second kappa shape index (κ2) is 10.7. The number of amides is 3. The molecule has 1 saturated heterocycles. The second-order valence-electron chi connectivity index (χ2n) is 6.89. The van der Waals surface area contributed by atoms with Crippen molar-refractivity contribution in [3.05, 3.63) is 58.5 Å². The summed E-state index contributed by atoms with van der Waals surface area (Å²) >= 11 is 0.873. The molecule has 3 amide bonds. The third kappa shape index (κ3) is 6.04. The van der Waals surface area contributed by atoms with Crippen molar-refractivity contribution in [3.8, 4) is 17.2 Å². The quantitative estimate of drug-likeness (QED) is 0.546. The number of aryl methyl sites for hydroxylation is 1. The highest BCUT2D eigenvalue weighted by atomic mass is 32.2. The molecule has 0 atom stereocenters. The van der Waals surface area contributed by atoms with Gasteiger partial charge in [-0.1, -0.05) is 18.2 Å². The Morgan fingerprint density at radius 1 is 1.09 bits per heavy atom. The van der Waals surface area contributed by atoms with Crippen molar-refractivity contribution in [1.82, 2.24) is 4.90 Å². The van der Waals surface area contributed by atoms with Crippen LogP contribution in [0.15, 0.2) is 47.4 Å². The van der Waals surface area contributed by atoms with Gasteiger partial charge in [0.2, 0.25) is 0 Å². The average Bonchev–Trinajstić information content (AvgIpc) is 3.01. The summed E-state index contributed by atoms with van der Waals surface area (Å²) in [6, 6.07) is 12.6. The molecule has 2 aromatic carbocycles. The highest BCUT2D eigenvalue weighted by Crippen LogP contribution is 2.34. The SMILES string of the molecule is CCOc1cc(/C=C2\SC(=O)N(CCOc3cccc(C)c3)C2=O)ccc1OCC(N)=O. The van der Waals surface area contributed by atoms with Crippen molar-refractivity contribution in [2.75, 3.05) is 26.4 Å². The first-order valence-electron chi connectivity index (χ1n) is 10.00. The smallest absolute Gasteiger partial charge is 0.293 e. The fraction of sp³-hybridized carbons (Fsp3) is 0.261. The van der Waals surface area contributed by atoms with Gasteiger partial charge in [-0.05, 0) is 67.1 Å². The maximum Gasteiger partial charge on any atom is 0.293 e. The van der Waals surface area contributed by atoms with E-state index in [4.69, 9.17) is 19.9 Å². The zero-order chi connectivity index (χ0) is 23.1. The molecular formula is C23H24N2O6S. The molecule has 0 radical (unpaired) electrons. The molecule has 0 spiro atoms. The van der Waals surface area contributed by atoms with Crippen LogP contribution in [0.1, 0.15) is 18.1 Å². The molecule has 0 aromatic heterocycles. The van der Waals surface area contributed by atoms with Gasteiger partial charge in [0.15, 0.2) is 18.1 Å². The first-order valence-corrected chi connectivity index (χ1v) is 10.8. The zero-order valence-electron chi connectivity index (χ0n) is 17.8. The molecule has 1 aliphatic rings. The second-order valence-corrected chi connectivity index (χ2v) is 7.89. The van der Waals surface area contributed by atoms with Crippen LogP contribution in [-0.2, 0) is 9.59 Å². The minimum atomic E-state index is -0.600. The van der Waals surface area contributed by atoms with E-state index in [-0.39, 0.29) is 30.9 Å².